The Bertz CT molecular complexity index is 403. The molecule has 1 aromatic rings. The summed E-state index contributed by atoms with van der Waals surface area (Å²) in [6.45, 7) is 4.77. The second-order valence-corrected chi connectivity index (χ2v) is 4.54. The van der Waals surface area contributed by atoms with Crippen LogP contribution < -0.4 is 10.1 Å². The van der Waals surface area contributed by atoms with Gasteiger partial charge in [-0.1, -0.05) is 12.1 Å². The maximum atomic E-state index is 12.1. The normalized spacial score (nSPS) is 17.4. The van der Waals surface area contributed by atoms with Crippen LogP contribution in [-0.4, -0.2) is 44.0 Å². The van der Waals surface area contributed by atoms with E-state index < -0.39 is 6.36 Å². The van der Waals surface area contributed by atoms with E-state index in [0.29, 0.717) is 0 Å². The Morgan fingerprint density at radius 3 is 2.63 bits per heavy atom. The number of nitrogens with one attached hydrogen (secondary N) is 1. The summed E-state index contributed by atoms with van der Waals surface area (Å²) >= 11 is 0. The third-order valence-electron chi connectivity index (χ3n) is 3.06. The van der Waals surface area contributed by atoms with Gasteiger partial charge < -0.3 is 15.0 Å². The van der Waals surface area contributed by atoms with E-state index in [0.717, 1.165) is 44.7 Å². The Morgan fingerprint density at radius 2 is 1.95 bits per heavy atom. The molecule has 1 aliphatic heterocycles. The molecule has 1 aromatic carbocycles. The number of alkyl halides is 3. The van der Waals surface area contributed by atoms with Crippen LogP contribution in [0.5, 0.6) is 5.75 Å². The van der Waals surface area contributed by atoms with Gasteiger partial charge in [0, 0.05) is 32.7 Å². The lowest BCUT2D eigenvalue weighted by molar-refractivity contribution is -0.274. The third kappa shape index (κ3) is 5.08. The van der Waals surface area contributed by atoms with Crippen molar-refractivity contribution in [2.24, 2.45) is 0 Å². The molecule has 0 saturated carbocycles. The number of hydrogen-bond acceptors (Lipinski definition) is 3. The summed E-state index contributed by atoms with van der Waals surface area (Å²) < 4.78 is 40.2. The van der Waals surface area contributed by atoms with Crippen LogP contribution in [0.4, 0.5) is 13.2 Å². The van der Waals surface area contributed by atoms with Gasteiger partial charge in [-0.05, 0) is 24.1 Å². The van der Waals surface area contributed by atoms with Crippen molar-refractivity contribution in [2.75, 3.05) is 32.7 Å². The number of hydrogen-bond donors (Lipinski definition) is 1. The van der Waals surface area contributed by atoms with Gasteiger partial charge in [-0.3, -0.25) is 0 Å². The van der Waals surface area contributed by atoms with E-state index in [1.54, 1.807) is 6.07 Å². The van der Waals surface area contributed by atoms with E-state index in [-0.39, 0.29) is 5.75 Å². The van der Waals surface area contributed by atoms with Crippen LogP contribution in [0.3, 0.4) is 0 Å². The second-order valence-electron chi connectivity index (χ2n) is 4.54. The summed E-state index contributed by atoms with van der Waals surface area (Å²) in [4.78, 5) is 2.30. The summed E-state index contributed by atoms with van der Waals surface area (Å²) in [6.07, 6.45) is -3.90. The quantitative estimate of drug-likeness (QED) is 0.909. The first kappa shape index (κ1) is 14.1. The number of nitrogens with zero attached hydrogens (tertiary/aromatic N) is 1. The largest absolute Gasteiger partial charge is 0.573 e. The predicted molar refractivity (Wildman–Crippen MR) is 66.1 cm³/mol. The summed E-state index contributed by atoms with van der Waals surface area (Å²) in [5.41, 5.74) is 0.861. The highest BCUT2D eigenvalue weighted by atomic mass is 19.4. The van der Waals surface area contributed by atoms with Crippen molar-refractivity contribution in [2.45, 2.75) is 12.8 Å². The lowest BCUT2D eigenvalue weighted by atomic mass is 10.1. The molecular weight excluding hydrogens is 257 g/mol. The Balaban J connectivity index is 1.87. The molecule has 0 spiro atoms. The van der Waals surface area contributed by atoms with Gasteiger partial charge in [0.05, 0.1) is 0 Å². The Morgan fingerprint density at radius 1 is 1.21 bits per heavy atom. The van der Waals surface area contributed by atoms with Crippen molar-refractivity contribution in [3.05, 3.63) is 29.8 Å². The van der Waals surface area contributed by atoms with Gasteiger partial charge in [0.25, 0.3) is 0 Å². The van der Waals surface area contributed by atoms with Gasteiger partial charge in [-0.25, -0.2) is 0 Å². The minimum absolute atomic E-state index is 0.148. The van der Waals surface area contributed by atoms with Crippen LogP contribution in [0.1, 0.15) is 5.56 Å². The minimum Gasteiger partial charge on any atom is -0.406 e. The zero-order valence-electron chi connectivity index (χ0n) is 10.5. The standard InChI is InChI=1S/C13H17F3N2O/c14-13(15,16)19-12-3-1-2-11(10-12)4-7-18-8-5-17-6-9-18/h1-3,10,17H,4-9H2. The highest BCUT2D eigenvalue weighted by Gasteiger charge is 2.31. The molecule has 1 fully saturated rings. The molecule has 3 nitrogen and oxygen atoms in total. The molecule has 1 N–H and O–H groups in total. The van der Waals surface area contributed by atoms with Crippen molar-refractivity contribution in [1.29, 1.82) is 0 Å². The molecule has 0 bridgehead atoms. The van der Waals surface area contributed by atoms with Crippen molar-refractivity contribution >= 4 is 0 Å². The van der Waals surface area contributed by atoms with Crippen LogP contribution in [0, 0.1) is 0 Å². The van der Waals surface area contributed by atoms with E-state index in [1.165, 1.54) is 12.1 Å². The minimum atomic E-state index is -4.63. The van der Waals surface area contributed by atoms with E-state index in [1.807, 2.05) is 6.07 Å². The van der Waals surface area contributed by atoms with E-state index >= 15 is 0 Å². The van der Waals surface area contributed by atoms with E-state index in [2.05, 4.69) is 15.0 Å². The molecule has 1 saturated heterocycles. The SMILES string of the molecule is FC(F)(F)Oc1cccc(CCN2CCNCC2)c1. The Hall–Kier alpha value is -1.27. The van der Waals surface area contributed by atoms with Crippen LogP contribution in [0.25, 0.3) is 0 Å². The molecule has 1 heterocycles. The predicted octanol–water partition coefficient (Wildman–Crippen LogP) is 2.03. The maximum Gasteiger partial charge on any atom is 0.573 e. The number of halogens is 3. The first-order valence-electron chi connectivity index (χ1n) is 6.31. The van der Waals surface area contributed by atoms with Crippen LogP contribution in [-0.2, 0) is 6.42 Å². The van der Waals surface area contributed by atoms with Crippen LogP contribution in [0.15, 0.2) is 24.3 Å². The third-order valence-corrected chi connectivity index (χ3v) is 3.06. The highest BCUT2D eigenvalue weighted by molar-refractivity contribution is 5.28. The summed E-state index contributed by atoms with van der Waals surface area (Å²) in [7, 11) is 0. The van der Waals surface area contributed by atoms with Gasteiger partial charge in [-0.15, -0.1) is 13.2 Å². The topological polar surface area (TPSA) is 24.5 Å². The number of ether oxygens (including phenoxy) is 1. The zero-order chi connectivity index (χ0) is 13.7. The molecule has 19 heavy (non-hydrogen) atoms. The lowest BCUT2D eigenvalue weighted by Crippen LogP contribution is -2.44. The van der Waals surface area contributed by atoms with Gasteiger partial charge in [0.2, 0.25) is 0 Å². The lowest BCUT2D eigenvalue weighted by Gasteiger charge is -2.27. The molecule has 0 atom stereocenters. The fraction of sp³-hybridized carbons (Fsp3) is 0.538. The molecular formula is C13H17F3N2O. The van der Waals surface area contributed by atoms with Crippen LogP contribution in [0.2, 0.25) is 0 Å². The van der Waals surface area contributed by atoms with Gasteiger partial charge in [-0.2, -0.15) is 0 Å². The molecule has 0 unspecified atom stereocenters. The number of rotatable bonds is 4. The van der Waals surface area contributed by atoms with Crippen molar-refractivity contribution in [1.82, 2.24) is 10.2 Å². The van der Waals surface area contributed by atoms with Crippen molar-refractivity contribution in [3.8, 4) is 5.75 Å². The average molecular weight is 274 g/mol. The van der Waals surface area contributed by atoms with Gasteiger partial charge in [0.15, 0.2) is 0 Å². The number of piperazine rings is 1. The highest BCUT2D eigenvalue weighted by Crippen LogP contribution is 2.23. The molecule has 0 aliphatic carbocycles. The van der Waals surface area contributed by atoms with Crippen LogP contribution >= 0.6 is 0 Å². The van der Waals surface area contributed by atoms with Crippen molar-refractivity contribution in [3.63, 3.8) is 0 Å². The molecule has 0 radical (unpaired) electrons. The fourth-order valence-corrected chi connectivity index (χ4v) is 2.12. The van der Waals surface area contributed by atoms with Crippen molar-refractivity contribution < 1.29 is 17.9 Å². The first-order chi connectivity index (χ1) is 9.03. The monoisotopic (exact) mass is 274 g/mol. The smallest absolute Gasteiger partial charge is 0.406 e. The zero-order valence-corrected chi connectivity index (χ0v) is 10.5. The molecule has 1 aliphatic rings. The molecule has 0 aromatic heterocycles. The summed E-state index contributed by atoms with van der Waals surface area (Å²) in [5, 5.41) is 3.26. The molecule has 0 amide bonds. The first-order valence-corrected chi connectivity index (χ1v) is 6.31. The van der Waals surface area contributed by atoms with Gasteiger partial charge in [0.1, 0.15) is 5.75 Å². The fourth-order valence-electron chi connectivity index (χ4n) is 2.12. The Labute approximate surface area is 110 Å². The summed E-state index contributed by atoms with van der Waals surface area (Å²) in [6, 6.07) is 6.19. The Kier molecular flexibility index (Phi) is 4.66. The molecule has 6 heteroatoms. The van der Waals surface area contributed by atoms with Gasteiger partial charge >= 0.3 is 6.36 Å². The number of benzene rings is 1. The molecule has 106 valence electrons. The van der Waals surface area contributed by atoms with E-state index in [4.69, 9.17) is 0 Å². The molecule has 2 rings (SSSR count). The van der Waals surface area contributed by atoms with E-state index in [9.17, 15) is 13.2 Å². The average Bonchev–Trinajstić information content (AvgIpc) is 2.36. The summed E-state index contributed by atoms with van der Waals surface area (Å²) in [5.74, 6) is -0.148. The second kappa shape index (κ2) is 6.25. The maximum absolute atomic E-state index is 12.1.